The molecule has 0 radical (unpaired) electrons. The average molecular weight is 672 g/mol. The number of carbonyl (C=O) groups is 1. The molecule has 0 spiro atoms. The highest BCUT2D eigenvalue weighted by atomic mass is 32.2. The number of ketones is 1. The lowest BCUT2D eigenvalue weighted by Crippen LogP contribution is -2.41. The number of hydrogen-bond donors (Lipinski definition) is 0. The Kier molecular flexibility index (Phi) is 11.0. The third kappa shape index (κ3) is 8.74. The van der Waals surface area contributed by atoms with Crippen LogP contribution in [0.2, 0.25) is 0 Å². The third-order valence-electron chi connectivity index (χ3n) is 6.32. The number of carbonyl (C=O) groups excluding carboxylic acids is 1. The summed E-state index contributed by atoms with van der Waals surface area (Å²) < 4.78 is 117. The minimum absolute atomic E-state index is 0.185. The minimum Gasteiger partial charge on any atom is -0.457 e. The molecule has 47 heavy (non-hydrogen) atoms. The highest BCUT2D eigenvalue weighted by Crippen LogP contribution is 2.25. The Hall–Kier alpha value is -5.22. The maximum absolute atomic E-state index is 13.8. The van der Waals surface area contributed by atoms with Crippen LogP contribution in [0.4, 0.5) is 34.9 Å². The molecule has 0 fully saturated rings. The van der Waals surface area contributed by atoms with Gasteiger partial charge in [0.15, 0.2) is 33.4 Å². The van der Waals surface area contributed by atoms with E-state index in [4.69, 9.17) is 4.74 Å². The van der Waals surface area contributed by atoms with Crippen molar-refractivity contribution in [2.24, 2.45) is 0 Å². The van der Waals surface area contributed by atoms with Gasteiger partial charge in [-0.25, -0.2) is 22.0 Å². The molecule has 5 rings (SSSR count). The predicted molar refractivity (Wildman–Crippen MR) is 163 cm³/mol. The van der Waals surface area contributed by atoms with Crippen LogP contribution in [0, 0.1) is 40.3 Å². The fourth-order valence-electron chi connectivity index (χ4n) is 3.99. The summed E-state index contributed by atoms with van der Waals surface area (Å²) in [5, 5.41) is 2.91. The molecular weight excluding hydrogens is 651 g/mol. The number of benzene rings is 5. The Morgan fingerprint density at radius 1 is 0.617 bits per heavy atom. The van der Waals surface area contributed by atoms with E-state index in [-0.39, 0.29) is 11.5 Å². The second kappa shape index (κ2) is 14.9. The molecule has 0 saturated carbocycles. The van der Waals surface area contributed by atoms with Crippen LogP contribution in [-0.2, 0) is 14.1 Å². The molecule has 240 valence electrons. The number of halogens is 8. The second-order valence-corrected chi connectivity index (χ2v) is 12.0. The van der Waals surface area contributed by atoms with Gasteiger partial charge in [0, 0.05) is 11.1 Å². The monoisotopic (exact) mass is 672 g/mol. The van der Waals surface area contributed by atoms with E-state index in [0.29, 0.717) is 16.2 Å². The molecule has 1 atom stereocenters. The van der Waals surface area contributed by atoms with Crippen molar-refractivity contribution < 1.29 is 48.6 Å². The summed E-state index contributed by atoms with van der Waals surface area (Å²) >= 11 is 0. The molecule has 0 bridgehead atoms. The van der Waals surface area contributed by atoms with Crippen LogP contribution >= 0.6 is 0 Å². The van der Waals surface area contributed by atoms with Crippen LogP contribution in [-0.4, -0.2) is 18.5 Å². The molecule has 0 heterocycles. The van der Waals surface area contributed by atoms with Crippen LogP contribution < -0.4 is 10.2 Å². The molecule has 13 heteroatoms. The normalized spacial score (nSPS) is 12.1. The minimum atomic E-state index is -6.30. The van der Waals surface area contributed by atoms with Gasteiger partial charge >= 0.3 is 6.98 Å². The Bertz CT molecular complexity index is 1930. The van der Waals surface area contributed by atoms with Crippen molar-refractivity contribution in [2.45, 2.75) is 4.90 Å². The van der Waals surface area contributed by atoms with Gasteiger partial charge in [0.05, 0.1) is 0 Å². The van der Waals surface area contributed by atoms with Crippen LogP contribution in [0.5, 0.6) is 11.5 Å². The standard InChI is InChI=1S/C28H21O3S.C6BF8/c29-28(24-16-18-26(19-17-24)31-25-12-6-2-7-13-25)22-32(30,27-14-8-3-9-15-27)21-20-23-10-4-1-5-11-23;8-2-1(7(13,14)15)3(9)5(11)6(12)4(2)10/h1-19H,22H2;/q+1;-1. The number of rotatable bonds is 7. The van der Waals surface area contributed by atoms with E-state index in [2.05, 4.69) is 11.2 Å². The Balaban J connectivity index is 0.000000280. The van der Waals surface area contributed by atoms with Crippen molar-refractivity contribution in [3.8, 4) is 22.7 Å². The lowest BCUT2D eigenvalue weighted by molar-refractivity contribution is 0.102. The highest BCUT2D eigenvalue weighted by Gasteiger charge is 2.38. The first kappa shape index (κ1) is 34.7. The van der Waals surface area contributed by atoms with Crippen LogP contribution in [0.1, 0.15) is 15.9 Å². The molecule has 0 aromatic heterocycles. The summed E-state index contributed by atoms with van der Waals surface area (Å²) in [7, 11) is -2.91. The molecule has 0 amide bonds. The van der Waals surface area contributed by atoms with Gasteiger partial charge in [-0.15, -0.1) is 0 Å². The number of ether oxygens (including phenoxy) is 1. The zero-order chi connectivity index (χ0) is 34.2. The van der Waals surface area contributed by atoms with E-state index < -0.39 is 51.5 Å². The smallest absolute Gasteiger partial charge is 0.457 e. The SMILES string of the molecule is Fc1c(F)c(F)c([B-](F)(F)F)c(F)c1F.O=C(C[S+](=O)(C#Cc1ccccc1)c1ccccc1)c1ccc(Oc2ccccc2)cc1. The molecule has 3 nitrogen and oxygen atoms in total. The Morgan fingerprint density at radius 3 is 1.57 bits per heavy atom. The van der Waals surface area contributed by atoms with Crippen molar-refractivity contribution in [1.29, 1.82) is 0 Å². The zero-order valence-corrected chi connectivity index (χ0v) is 24.7. The van der Waals surface area contributed by atoms with Crippen molar-refractivity contribution in [1.82, 2.24) is 0 Å². The van der Waals surface area contributed by atoms with Crippen molar-refractivity contribution in [2.75, 3.05) is 5.75 Å². The fourth-order valence-corrected chi connectivity index (χ4v) is 5.76. The predicted octanol–water partition coefficient (Wildman–Crippen LogP) is 8.67. The summed E-state index contributed by atoms with van der Waals surface area (Å²) in [5.41, 5.74) is -1.51. The summed E-state index contributed by atoms with van der Waals surface area (Å²) in [4.78, 5) is 13.6. The van der Waals surface area contributed by atoms with E-state index in [1.54, 1.807) is 48.5 Å². The van der Waals surface area contributed by atoms with Gasteiger partial charge in [-0.1, -0.05) is 58.8 Å². The number of para-hydroxylation sites is 1. The lowest BCUT2D eigenvalue weighted by Gasteiger charge is -2.17. The van der Waals surface area contributed by atoms with Gasteiger partial charge in [-0.05, 0) is 72.0 Å². The van der Waals surface area contributed by atoms with Crippen molar-refractivity contribution in [3.63, 3.8) is 0 Å². The highest BCUT2D eigenvalue weighted by molar-refractivity contribution is 8.07. The van der Waals surface area contributed by atoms with Crippen molar-refractivity contribution in [3.05, 3.63) is 155 Å². The zero-order valence-electron chi connectivity index (χ0n) is 23.9. The van der Waals surface area contributed by atoms with E-state index >= 15 is 0 Å². The Labute approximate surface area is 265 Å². The van der Waals surface area contributed by atoms with Gasteiger partial charge in [0.2, 0.25) is 15.7 Å². The van der Waals surface area contributed by atoms with E-state index in [1.165, 1.54) is 0 Å². The molecule has 0 saturated heterocycles. The topological polar surface area (TPSA) is 43.4 Å². The second-order valence-electron chi connectivity index (χ2n) is 9.65. The van der Waals surface area contributed by atoms with E-state index in [1.807, 2.05) is 66.7 Å². The van der Waals surface area contributed by atoms with Gasteiger partial charge in [0.25, 0.3) is 0 Å². The summed E-state index contributed by atoms with van der Waals surface area (Å²) in [6, 6.07) is 34.6. The molecule has 1 unspecified atom stereocenters. The molecule has 5 aromatic rings. The first-order valence-corrected chi connectivity index (χ1v) is 15.2. The molecule has 5 aromatic carbocycles. The average Bonchev–Trinajstić information content (AvgIpc) is 3.07. The lowest BCUT2D eigenvalue weighted by atomic mass is 9.79. The molecule has 0 aliphatic heterocycles. The summed E-state index contributed by atoms with van der Waals surface area (Å²) in [6.45, 7) is -6.30. The summed E-state index contributed by atoms with van der Waals surface area (Å²) in [6.07, 6.45) is 0. The van der Waals surface area contributed by atoms with Crippen molar-refractivity contribution >= 4 is 28.2 Å². The van der Waals surface area contributed by atoms with E-state index in [0.717, 1.165) is 11.3 Å². The van der Waals surface area contributed by atoms with Crippen LogP contribution in [0.3, 0.4) is 0 Å². The maximum Gasteiger partial charge on any atom is 0.515 e. The van der Waals surface area contributed by atoms with Gasteiger partial charge in [0.1, 0.15) is 23.1 Å². The van der Waals surface area contributed by atoms with E-state index in [9.17, 15) is 43.9 Å². The summed E-state index contributed by atoms with van der Waals surface area (Å²) in [5.74, 6) is -9.65. The molecule has 0 aliphatic carbocycles. The largest absolute Gasteiger partial charge is 0.515 e. The van der Waals surface area contributed by atoms with Gasteiger partial charge < -0.3 is 17.7 Å². The van der Waals surface area contributed by atoms with Crippen LogP contribution in [0.15, 0.2) is 120 Å². The number of Topliss-reactive ketones (excluding diaryl/α,β-unsaturated/α-hetero) is 1. The first-order chi connectivity index (χ1) is 22.3. The maximum atomic E-state index is 13.8. The quantitative estimate of drug-likeness (QED) is 0.0331. The molecule has 0 aliphatic rings. The molecule has 0 N–H and O–H groups in total. The number of hydrogen-bond acceptors (Lipinski definition) is 3. The van der Waals surface area contributed by atoms with Crippen LogP contribution in [0.25, 0.3) is 0 Å². The first-order valence-electron chi connectivity index (χ1n) is 13.5. The fraction of sp³-hybridized carbons (Fsp3) is 0.0294. The van der Waals surface area contributed by atoms with Gasteiger partial charge in [-0.2, -0.15) is 0 Å². The van der Waals surface area contributed by atoms with Gasteiger partial charge in [-0.3, -0.25) is 4.79 Å². The Morgan fingerprint density at radius 2 is 1.06 bits per heavy atom. The third-order valence-corrected chi connectivity index (χ3v) is 8.45. The molecular formula is C34H21BF8O3S.